The molecule has 1 saturated carbocycles. The zero-order chi connectivity index (χ0) is 34.8. The Labute approximate surface area is 292 Å². The van der Waals surface area contributed by atoms with Crippen LogP contribution in [0.2, 0.25) is 5.02 Å². The van der Waals surface area contributed by atoms with Crippen molar-refractivity contribution in [2.24, 2.45) is 0 Å². The lowest BCUT2D eigenvalue weighted by Gasteiger charge is -2.35. The SMILES string of the molecule is CCOc1ccccc1N(CC(=O)N(Cc1ccccc1F)C(Cc1ccccc1)C(=O)NC1CCCCC1)S(=O)(=O)c1ccc(Cl)cc1. The minimum absolute atomic E-state index is 0.0511. The van der Waals surface area contributed by atoms with Crippen LogP contribution in [0.4, 0.5) is 10.1 Å². The monoisotopic (exact) mass is 705 g/mol. The second kappa shape index (κ2) is 16.8. The molecule has 1 aliphatic carbocycles. The Morgan fingerprint density at radius 3 is 2.24 bits per heavy atom. The largest absolute Gasteiger partial charge is 0.492 e. The summed E-state index contributed by atoms with van der Waals surface area (Å²) < 4.78 is 50.7. The highest BCUT2D eigenvalue weighted by Crippen LogP contribution is 2.33. The molecule has 0 saturated heterocycles. The number of ether oxygens (including phenoxy) is 1. The van der Waals surface area contributed by atoms with Gasteiger partial charge in [0.2, 0.25) is 11.8 Å². The van der Waals surface area contributed by atoms with Gasteiger partial charge in [-0.3, -0.25) is 13.9 Å². The van der Waals surface area contributed by atoms with Crippen LogP contribution in [0, 0.1) is 5.82 Å². The number of amides is 2. The summed E-state index contributed by atoms with van der Waals surface area (Å²) in [5.74, 6) is -1.35. The van der Waals surface area contributed by atoms with E-state index in [1.165, 1.54) is 35.2 Å². The summed E-state index contributed by atoms with van der Waals surface area (Å²) in [5.41, 5.74) is 1.14. The van der Waals surface area contributed by atoms with Gasteiger partial charge in [-0.05, 0) is 67.8 Å². The molecule has 2 amide bonds. The number of benzene rings is 4. The Morgan fingerprint density at radius 2 is 1.55 bits per heavy atom. The van der Waals surface area contributed by atoms with Gasteiger partial charge in [0.25, 0.3) is 10.0 Å². The van der Waals surface area contributed by atoms with Gasteiger partial charge < -0.3 is 15.0 Å². The normalized spacial score (nSPS) is 14.1. The van der Waals surface area contributed by atoms with Crippen molar-refractivity contribution >= 4 is 39.1 Å². The molecule has 1 fully saturated rings. The molecule has 49 heavy (non-hydrogen) atoms. The van der Waals surface area contributed by atoms with Gasteiger partial charge in [-0.1, -0.05) is 91.5 Å². The molecule has 1 atom stereocenters. The van der Waals surface area contributed by atoms with Crippen LogP contribution in [-0.4, -0.2) is 50.4 Å². The molecule has 11 heteroatoms. The maximum Gasteiger partial charge on any atom is 0.264 e. The Balaban J connectivity index is 1.60. The van der Waals surface area contributed by atoms with Gasteiger partial charge in [0.05, 0.1) is 17.2 Å². The number of nitrogens with one attached hydrogen (secondary N) is 1. The molecule has 0 radical (unpaired) electrons. The highest BCUT2D eigenvalue weighted by Gasteiger charge is 2.36. The van der Waals surface area contributed by atoms with E-state index in [-0.39, 0.29) is 53.4 Å². The zero-order valence-electron chi connectivity index (χ0n) is 27.4. The van der Waals surface area contributed by atoms with Gasteiger partial charge in [-0.25, -0.2) is 12.8 Å². The Bertz CT molecular complexity index is 1820. The first kappa shape index (κ1) is 35.9. The van der Waals surface area contributed by atoms with Crippen molar-refractivity contribution < 1.29 is 27.1 Å². The van der Waals surface area contributed by atoms with E-state index in [2.05, 4.69) is 5.32 Å². The van der Waals surface area contributed by atoms with Gasteiger partial charge in [0, 0.05) is 29.6 Å². The second-order valence-corrected chi connectivity index (χ2v) is 14.3. The third-order valence-electron chi connectivity index (χ3n) is 8.64. The zero-order valence-corrected chi connectivity index (χ0v) is 29.0. The summed E-state index contributed by atoms with van der Waals surface area (Å²) >= 11 is 6.08. The van der Waals surface area contributed by atoms with Crippen molar-refractivity contribution in [3.05, 3.63) is 125 Å². The molecule has 4 aromatic rings. The lowest BCUT2D eigenvalue weighted by Crippen LogP contribution is -2.55. The predicted octanol–water partition coefficient (Wildman–Crippen LogP) is 7.16. The number of anilines is 1. The van der Waals surface area contributed by atoms with Crippen LogP contribution in [0.15, 0.2) is 108 Å². The molecule has 0 aromatic heterocycles. The number of nitrogens with zero attached hydrogens (tertiary/aromatic N) is 2. The molecule has 0 heterocycles. The lowest BCUT2D eigenvalue weighted by atomic mass is 9.94. The van der Waals surface area contributed by atoms with Crippen LogP contribution in [0.3, 0.4) is 0 Å². The maximum atomic E-state index is 15.2. The number of carbonyl (C=O) groups excluding carboxylic acids is 2. The highest BCUT2D eigenvalue weighted by molar-refractivity contribution is 7.92. The van der Waals surface area contributed by atoms with E-state index < -0.39 is 34.3 Å². The Hall–Kier alpha value is -4.41. The maximum absolute atomic E-state index is 15.2. The summed E-state index contributed by atoms with van der Waals surface area (Å²) in [5, 5.41) is 3.50. The molecule has 8 nitrogen and oxygen atoms in total. The standard InChI is InChI=1S/C38H41ClFN3O5S/c1-2-48-36-20-12-11-19-34(36)43(49(46,47)32-23-21-30(39)22-24-32)27-37(44)42(26-29-15-9-10-18-33(29)40)35(25-28-13-5-3-6-14-28)38(45)41-31-16-7-4-8-17-31/h3,5-6,9-15,18-24,31,35H,2,4,7-8,16-17,25-27H2,1H3,(H,41,45). The molecule has 1 unspecified atom stereocenters. The fourth-order valence-corrected chi connectivity index (χ4v) is 7.65. The highest BCUT2D eigenvalue weighted by atomic mass is 35.5. The van der Waals surface area contributed by atoms with E-state index >= 15 is 4.39 Å². The minimum Gasteiger partial charge on any atom is -0.492 e. The molecule has 1 aliphatic rings. The van der Waals surface area contributed by atoms with Crippen molar-refractivity contribution in [1.29, 1.82) is 0 Å². The molecule has 4 aromatic carbocycles. The van der Waals surface area contributed by atoms with Gasteiger partial charge in [0.1, 0.15) is 24.2 Å². The summed E-state index contributed by atoms with van der Waals surface area (Å²) in [6, 6.07) is 26.4. The summed E-state index contributed by atoms with van der Waals surface area (Å²) in [4.78, 5) is 30.2. The van der Waals surface area contributed by atoms with Crippen LogP contribution < -0.4 is 14.4 Å². The molecule has 0 bridgehead atoms. The van der Waals surface area contributed by atoms with Crippen LogP contribution in [0.5, 0.6) is 5.75 Å². The fourth-order valence-electron chi connectivity index (χ4n) is 6.10. The molecule has 0 aliphatic heterocycles. The molecule has 258 valence electrons. The average molecular weight is 706 g/mol. The first-order valence-electron chi connectivity index (χ1n) is 16.5. The summed E-state index contributed by atoms with van der Waals surface area (Å²) in [7, 11) is -4.38. The molecular formula is C38H41ClFN3O5S. The minimum atomic E-state index is -4.38. The second-order valence-electron chi connectivity index (χ2n) is 12.0. The van der Waals surface area contributed by atoms with E-state index in [0.717, 1.165) is 42.0 Å². The first-order valence-corrected chi connectivity index (χ1v) is 18.4. The van der Waals surface area contributed by atoms with Gasteiger partial charge in [-0.15, -0.1) is 0 Å². The first-order chi connectivity index (χ1) is 23.7. The molecule has 5 rings (SSSR count). The fraction of sp³-hybridized carbons (Fsp3) is 0.316. The molecular weight excluding hydrogens is 665 g/mol. The number of hydrogen-bond acceptors (Lipinski definition) is 5. The number of rotatable bonds is 14. The summed E-state index contributed by atoms with van der Waals surface area (Å²) in [6.45, 7) is 1.07. The Kier molecular flexibility index (Phi) is 12.3. The van der Waals surface area contributed by atoms with Crippen molar-refractivity contribution in [2.45, 2.75) is 69.0 Å². The van der Waals surface area contributed by atoms with Crippen molar-refractivity contribution in [3.63, 3.8) is 0 Å². The van der Waals surface area contributed by atoms with Gasteiger partial charge >= 0.3 is 0 Å². The van der Waals surface area contributed by atoms with E-state index in [1.807, 2.05) is 30.3 Å². The lowest BCUT2D eigenvalue weighted by molar-refractivity contribution is -0.140. The van der Waals surface area contributed by atoms with Crippen molar-refractivity contribution in [2.75, 3.05) is 17.5 Å². The Morgan fingerprint density at radius 1 is 0.898 bits per heavy atom. The van der Waals surface area contributed by atoms with E-state index in [4.69, 9.17) is 16.3 Å². The van der Waals surface area contributed by atoms with Crippen LogP contribution in [0.1, 0.15) is 50.2 Å². The quantitative estimate of drug-likeness (QED) is 0.150. The van der Waals surface area contributed by atoms with Crippen molar-refractivity contribution in [1.82, 2.24) is 10.2 Å². The topological polar surface area (TPSA) is 96.0 Å². The molecule has 1 N–H and O–H groups in total. The molecule has 0 spiro atoms. The number of carbonyl (C=O) groups is 2. The number of para-hydroxylation sites is 2. The van der Waals surface area contributed by atoms with Crippen LogP contribution >= 0.6 is 11.6 Å². The van der Waals surface area contributed by atoms with Crippen LogP contribution in [0.25, 0.3) is 0 Å². The van der Waals surface area contributed by atoms with Crippen molar-refractivity contribution in [3.8, 4) is 5.75 Å². The number of sulfonamides is 1. The predicted molar refractivity (Wildman–Crippen MR) is 189 cm³/mol. The average Bonchev–Trinajstić information content (AvgIpc) is 3.11. The van der Waals surface area contributed by atoms with Gasteiger partial charge in [0.15, 0.2) is 0 Å². The summed E-state index contributed by atoms with van der Waals surface area (Å²) in [6.07, 6.45) is 4.86. The smallest absolute Gasteiger partial charge is 0.264 e. The number of hydrogen-bond donors (Lipinski definition) is 1. The van der Waals surface area contributed by atoms with Crippen LogP contribution in [-0.2, 0) is 32.6 Å². The third kappa shape index (κ3) is 9.19. The van der Waals surface area contributed by atoms with E-state index in [9.17, 15) is 18.0 Å². The van der Waals surface area contributed by atoms with E-state index in [0.29, 0.717) is 5.02 Å². The van der Waals surface area contributed by atoms with Gasteiger partial charge in [-0.2, -0.15) is 0 Å². The third-order valence-corrected chi connectivity index (χ3v) is 10.7. The number of halogens is 2. The van der Waals surface area contributed by atoms with E-state index in [1.54, 1.807) is 49.4 Å².